The van der Waals surface area contributed by atoms with E-state index in [2.05, 4.69) is 0 Å². The molecule has 0 saturated heterocycles. The van der Waals surface area contributed by atoms with Gasteiger partial charge < -0.3 is 9.64 Å². The Balaban J connectivity index is 2.28. The van der Waals surface area contributed by atoms with Crippen LogP contribution in [-0.2, 0) is 0 Å². The number of Topliss-reactive ketones (excluding diaryl/α,β-unsaturated/α-hetero) is 1. The smallest absolute Gasteiger partial charge is 0.205 e. The van der Waals surface area contributed by atoms with Gasteiger partial charge >= 0.3 is 0 Å². The zero-order chi connectivity index (χ0) is 16.8. The zero-order valence-electron chi connectivity index (χ0n) is 13.4. The summed E-state index contributed by atoms with van der Waals surface area (Å²) in [5.74, 6) is 0.977. The first-order chi connectivity index (χ1) is 11.0. The van der Waals surface area contributed by atoms with E-state index in [9.17, 15) is 4.79 Å². The molecular formula is C19H18N2O2. The Morgan fingerprint density at radius 3 is 2.57 bits per heavy atom. The maximum atomic E-state index is 12.4. The maximum absolute atomic E-state index is 12.4. The molecule has 116 valence electrons. The van der Waals surface area contributed by atoms with Crippen LogP contribution in [0.15, 0.2) is 60.3 Å². The van der Waals surface area contributed by atoms with Crippen molar-refractivity contribution in [2.75, 3.05) is 14.1 Å². The molecule has 0 N–H and O–H groups in total. The second kappa shape index (κ2) is 7.28. The first kappa shape index (κ1) is 16.3. The van der Waals surface area contributed by atoms with Crippen LogP contribution < -0.4 is 4.74 Å². The predicted molar refractivity (Wildman–Crippen MR) is 89.4 cm³/mol. The molecule has 0 aliphatic heterocycles. The Kier molecular flexibility index (Phi) is 5.16. The molecule has 2 aromatic carbocycles. The summed E-state index contributed by atoms with van der Waals surface area (Å²) < 4.78 is 5.83. The fourth-order valence-corrected chi connectivity index (χ4v) is 2.05. The van der Waals surface area contributed by atoms with Crippen molar-refractivity contribution in [3.8, 4) is 17.6 Å². The Hall–Kier alpha value is -3.06. The van der Waals surface area contributed by atoms with Crippen LogP contribution in [0.4, 0.5) is 0 Å². The third-order valence-corrected chi connectivity index (χ3v) is 3.17. The molecule has 4 nitrogen and oxygen atoms in total. The molecule has 0 fully saturated rings. The van der Waals surface area contributed by atoms with E-state index >= 15 is 0 Å². The van der Waals surface area contributed by atoms with E-state index in [1.54, 1.807) is 43.3 Å². The van der Waals surface area contributed by atoms with Gasteiger partial charge in [0.2, 0.25) is 5.78 Å². The lowest BCUT2D eigenvalue weighted by molar-refractivity contribution is 0.103. The lowest BCUT2D eigenvalue weighted by Crippen LogP contribution is -2.09. The lowest BCUT2D eigenvalue weighted by atomic mass is 10.0. The number of hydrogen-bond donors (Lipinski definition) is 0. The molecule has 0 atom stereocenters. The average molecular weight is 306 g/mol. The number of ether oxygens (including phenoxy) is 1. The van der Waals surface area contributed by atoms with Crippen molar-refractivity contribution in [2.45, 2.75) is 6.92 Å². The average Bonchev–Trinajstić information content (AvgIpc) is 2.54. The van der Waals surface area contributed by atoms with Crippen LogP contribution in [0, 0.1) is 18.3 Å². The number of allylic oxidation sites excluding steroid dienone is 1. The number of carbonyl (C=O) groups excluding carboxylic acids is 1. The van der Waals surface area contributed by atoms with Crippen LogP contribution in [-0.4, -0.2) is 24.8 Å². The number of nitriles is 1. The highest BCUT2D eigenvalue weighted by molar-refractivity contribution is 6.11. The number of hydrogen-bond acceptors (Lipinski definition) is 4. The molecule has 0 aliphatic carbocycles. The number of ketones is 1. The van der Waals surface area contributed by atoms with Crippen LogP contribution in [0.25, 0.3) is 0 Å². The van der Waals surface area contributed by atoms with E-state index < -0.39 is 0 Å². The Labute approximate surface area is 136 Å². The van der Waals surface area contributed by atoms with E-state index in [1.165, 1.54) is 6.20 Å². The Morgan fingerprint density at radius 2 is 1.91 bits per heavy atom. The second-order valence-electron chi connectivity index (χ2n) is 5.34. The van der Waals surface area contributed by atoms with Crippen molar-refractivity contribution in [1.29, 1.82) is 5.26 Å². The van der Waals surface area contributed by atoms with E-state index in [0.717, 1.165) is 11.3 Å². The van der Waals surface area contributed by atoms with Crippen LogP contribution in [0.5, 0.6) is 11.5 Å². The summed E-state index contributed by atoms with van der Waals surface area (Å²) in [6.45, 7) is 1.96. The minimum atomic E-state index is -0.323. The van der Waals surface area contributed by atoms with Crippen LogP contribution in [0.3, 0.4) is 0 Å². The molecule has 0 heterocycles. The van der Waals surface area contributed by atoms with E-state index in [-0.39, 0.29) is 11.4 Å². The molecule has 0 amide bonds. The van der Waals surface area contributed by atoms with Crippen molar-refractivity contribution in [1.82, 2.24) is 4.90 Å². The van der Waals surface area contributed by atoms with Gasteiger partial charge in [-0.3, -0.25) is 4.79 Å². The summed E-state index contributed by atoms with van der Waals surface area (Å²) in [5, 5.41) is 9.15. The standard InChI is InChI=1S/C19H18N2O2/c1-14-7-4-5-10-18(14)23-17-9-6-8-15(11-17)19(22)16(12-20)13-21(2)3/h4-11,13H,1-3H3. The summed E-state index contributed by atoms with van der Waals surface area (Å²) in [6, 6.07) is 16.4. The highest BCUT2D eigenvalue weighted by Crippen LogP contribution is 2.25. The summed E-state index contributed by atoms with van der Waals surface area (Å²) in [5.41, 5.74) is 1.52. The van der Waals surface area contributed by atoms with Gasteiger partial charge in [0.25, 0.3) is 0 Å². The minimum absolute atomic E-state index is 0.0861. The van der Waals surface area contributed by atoms with Gasteiger partial charge in [-0.25, -0.2) is 0 Å². The number of para-hydroxylation sites is 1. The van der Waals surface area contributed by atoms with E-state index in [0.29, 0.717) is 11.3 Å². The number of carbonyl (C=O) groups is 1. The summed E-state index contributed by atoms with van der Waals surface area (Å²) in [4.78, 5) is 14.1. The maximum Gasteiger partial charge on any atom is 0.205 e. The van der Waals surface area contributed by atoms with Crippen LogP contribution in [0.1, 0.15) is 15.9 Å². The predicted octanol–water partition coefficient (Wildman–Crippen LogP) is 3.94. The fraction of sp³-hybridized carbons (Fsp3) is 0.158. The molecule has 2 aromatic rings. The number of aryl methyl sites for hydroxylation is 1. The van der Waals surface area contributed by atoms with Gasteiger partial charge in [-0.15, -0.1) is 0 Å². The van der Waals surface area contributed by atoms with Gasteiger partial charge in [0.15, 0.2) is 0 Å². The van der Waals surface area contributed by atoms with Gasteiger partial charge in [-0.2, -0.15) is 5.26 Å². The molecule has 23 heavy (non-hydrogen) atoms. The largest absolute Gasteiger partial charge is 0.457 e. The van der Waals surface area contributed by atoms with Gasteiger partial charge in [0.1, 0.15) is 23.1 Å². The third-order valence-electron chi connectivity index (χ3n) is 3.17. The van der Waals surface area contributed by atoms with Gasteiger partial charge in [-0.05, 0) is 30.7 Å². The van der Waals surface area contributed by atoms with Gasteiger partial charge in [-0.1, -0.05) is 30.3 Å². The fourth-order valence-electron chi connectivity index (χ4n) is 2.05. The minimum Gasteiger partial charge on any atom is -0.457 e. The summed E-state index contributed by atoms with van der Waals surface area (Å²) in [6.07, 6.45) is 1.51. The van der Waals surface area contributed by atoms with Crippen molar-refractivity contribution < 1.29 is 9.53 Å². The molecule has 4 heteroatoms. The lowest BCUT2D eigenvalue weighted by Gasteiger charge is -2.10. The first-order valence-electron chi connectivity index (χ1n) is 7.18. The van der Waals surface area contributed by atoms with Gasteiger partial charge in [0.05, 0.1) is 0 Å². The number of rotatable bonds is 5. The van der Waals surface area contributed by atoms with Crippen molar-refractivity contribution in [3.05, 3.63) is 71.4 Å². The Morgan fingerprint density at radius 1 is 1.17 bits per heavy atom. The van der Waals surface area contributed by atoms with Crippen molar-refractivity contribution in [2.24, 2.45) is 0 Å². The Bertz CT molecular complexity index is 786. The number of benzene rings is 2. The third kappa shape index (κ3) is 4.21. The molecule has 0 radical (unpaired) electrons. The topological polar surface area (TPSA) is 53.3 Å². The van der Waals surface area contributed by atoms with Crippen LogP contribution in [0.2, 0.25) is 0 Å². The highest BCUT2D eigenvalue weighted by atomic mass is 16.5. The monoisotopic (exact) mass is 306 g/mol. The SMILES string of the molecule is Cc1ccccc1Oc1cccc(C(=O)C(C#N)=CN(C)C)c1. The second-order valence-corrected chi connectivity index (χ2v) is 5.34. The van der Waals surface area contributed by atoms with Crippen molar-refractivity contribution in [3.63, 3.8) is 0 Å². The first-order valence-corrected chi connectivity index (χ1v) is 7.18. The molecule has 0 aromatic heterocycles. The van der Waals surface area contributed by atoms with Crippen LogP contribution >= 0.6 is 0 Å². The van der Waals surface area contributed by atoms with E-state index in [1.807, 2.05) is 37.3 Å². The molecule has 0 unspecified atom stereocenters. The molecular weight excluding hydrogens is 288 g/mol. The molecule has 0 bridgehead atoms. The van der Waals surface area contributed by atoms with Gasteiger partial charge in [0, 0.05) is 25.9 Å². The molecule has 0 spiro atoms. The zero-order valence-corrected chi connectivity index (χ0v) is 13.4. The highest BCUT2D eigenvalue weighted by Gasteiger charge is 2.13. The van der Waals surface area contributed by atoms with E-state index in [4.69, 9.17) is 10.00 Å². The molecule has 0 aliphatic rings. The normalized spacial score (nSPS) is 10.8. The van der Waals surface area contributed by atoms with Crippen molar-refractivity contribution >= 4 is 5.78 Å². The summed E-state index contributed by atoms with van der Waals surface area (Å²) >= 11 is 0. The molecule has 0 saturated carbocycles. The summed E-state index contributed by atoms with van der Waals surface area (Å²) in [7, 11) is 3.53. The number of nitrogens with zero attached hydrogens (tertiary/aromatic N) is 2. The molecule has 2 rings (SSSR count). The quantitative estimate of drug-likeness (QED) is 0.477.